The van der Waals surface area contributed by atoms with Crippen LogP contribution < -0.4 is 0 Å². The van der Waals surface area contributed by atoms with Gasteiger partial charge in [-0.25, -0.2) is 0 Å². The minimum absolute atomic E-state index is 1.03. The van der Waals surface area contributed by atoms with Gasteiger partial charge < -0.3 is 4.43 Å². The van der Waals surface area contributed by atoms with Crippen LogP contribution in [-0.4, -0.2) is 12.7 Å². The molecule has 1 nitrogen and oxygen atoms in total. The number of rotatable bonds is 3. The van der Waals surface area contributed by atoms with Crippen molar-refractivity contribution in [3.05, 3.63) is 12.3 Å². The zero-order valence-corrected chi connectivity index (χ0v) is 9.31. The van der Waals surface area contributed by atoms with E-state index in [4.69, 9.17) is 4.43 Å². The third kappa shape index (κ3) is 8.49. The molecule has 0 unspecified atom stereocenters. The van der Waals surface area contributed by atoms with Crippen molar-refractivity contribution in [2.24, 2.45) is 0 Å². The van der Waals surface area contributed by atoms with Gasteiger partial charge in [0.15, 0.2) is 0 Å². The molecule has 0 aliphatic heterocycles. The monoisotopic (exact) mass is 256 g/mol. The van der Waals surface area contributed by atoms with E-state index in [9.17, 15) is 0 Å². The Hall–Kier alpha value is 0.487. The second kappa shape index (κ2) is 4.33. The van der Waals surface area contributed by atoms with Crippen LogP contribution in [-0.2, 0) is 4.43 Å². The van der Waals surface area contributed by atoms with Crippen molar-refractivity contribution in [2.45, 2.75) is 19.6 Å². The van der Waals surface area contributed by atoms with Gasteiger partial charge in [-0.2, -0.15) is 0 Å². The van der Waals surface area contributed by atoms with Crippen molar-refractivity contribution in [1.82, 2.24) is 0 Å². The topological polar surface area (TPSA) is 9.23 Å². The summed E-state index contributed by atoms with van der Waals surface area (Å²) < 4.78 is 6.45. The maximum atomic E-state index is 5.42. The molecule has 0 spiro atoms. The molecule has 0 aromatic heterocycles. The van der Waals surface area contributed by atoms with Crippen LogP contribution in [0, 0.1) is 0 Å². The molecule has 0 aliphatic carbocycles. The molecule has 0 fully saturated rings. The molecule has 0 aromatic carbocycles. The van der Waals surface area contributed by atoms with Crippen molar-refractivity contribution in [1.29, 1.82) is 0 Å². The highest BCUT2D eigenvalue weighted by Gasteiger charge is 2.12. The van der Waals surface area contributed by atoms with E-state index in [0.29, 0.717) is 0 Å². The zero-order chi connectivity index (χ0) is 7.33. The quantitative estimate of drug-likeness (QED) is 0.326. The largest absolute Gasteiger partial charge is 0.550 e. The van der Waals surface area contributed by atoms with Crippen molar-refractivity contribution in [3.63, 3.8) is 0 Å². The lowest BCUT2D eigenvalue weighted by Gasteiger charge is -2.14. The highest BCUT2D eigenvalue weighted by molar-refractivity contribution is 14.1. The molecule has 0 heterocycles. The SMILES string of the molecule is C[Si](C)(C)OC=CCI. The second-order valence-corrected chi connectivity index (χ2v) is 8.10. The van der Waals surface area contributed by atoms with E-state index in [1.54, 1.807) is 0 Å². The van der Waals surface area contributed by atoms with Crippen molar-refractivity contribution >= 4 is 30.9 Å². The minimum Gasteiger partial charge on any atom is -0.550 e. The first-order valence-electron chi connectivity index (χ1n) is 2.95. The number of hydrogen-bond acceptors (Lipinski definition) is 1. The highest BCUT2D eigenvalue weighted by Crippen LogP contribution is 2.02. The van der Waals surface area contributed by atoms with Crippen LogP contribution in [0.3, 0.4) is 0 Å². The van der Waals surface area contributed by atoms with E-state index >= 15 is 0 Å². The lowest BCUT2D eigenvalue weighted by atomic mass is 10.7. The van der Waals surface area contributed by atoms with Gasteiger partial charge in [-0.3, -0.25) is 0 Å². The van der Waals surface area contributed by atoms with Gasteiger partial charge in [-0.1, -0.05) is 22.6 Å². The van der Waals surface area contributed by atoms with Crippen LogP contribution in [0.1, 0.15) is 0 Å². The highest BCUT2D eigenvalue weighted by atomic mass is 127. The Morgan fingerprint density at radius 1 is 1.44 bits per heavy atom. The predicted molar refractivity (Wildman–Crippen MR) is 52.5 cm³/mol. The summed E-state index contributed by atoms with van der Waals surface area (Å²) in [6.45, 7) is 6.51. The normalized spacial score (nSPS) is 12.4. The van der Waals surface area contributed by atoms with Gasteiger partial charge in [-0.05, 0) is 25.7 Å². The first-order valence-corrected chi connectivity index (χ1v) is 7.88. The Kier molecular flexibility index (Phi) is 4.56. The van der Waals surface area contributed by atoms with Gasteiger partial charge in [0, 0.05) is 4.43 Å². The van der Waals surface area contributed by atoms with Gasteiger partial charge in [0.2, 0.25) is 8.32 Å². The van der Waals surface area contributed by atoms with Crippen LogP contribution in [0.15, 0.2) is 12.3 Å². The average molecular weight is 256 g/mol. The van der Waals surface area contributed by atoms with Gasteiger partial charge in [0.25, 0.3) is 0 Å². The molecular formula is C6H13IOSi. The third-order valence-corrected chi connectivity index (χ3v) is 1.96. The summed E-state index contributed by atoms with van der Waals surface area (Å²) >= 11 is 2.29. The molecule has 9 heavy (non-hydrogen) atoms. The van der Waals surface area contributed by atoms with E-state index in [1.807, 2.05) is 12.3 Å². The molecule has 0 atom stereocenters. The van der Waals surface area contributed by atoms with Crippen molar-refractivity contribution in [3.8, 4) is 0 Å². The maximum absolute atomic E-state index is 5.42. The fraction of sp³-hybridized carbons (Fsp3) is 0.667. The van der Waals surface area contributed by atoms with Crippen molar-refractivity contribution in [2.75, 3.05) is 4.43 Å². The van der Waals surface area contributed by atoms with Crippen LogP contribution in [0.5, 0.6) is 0 Å². The van der Waals surface area contributed by atoms with E-state index < -0.39 is 8.32 Å². The minimum atomic E-state index is -1.28. The number of allylic oxidation sites excluding steroid dienone is 1. The molecular weight excluding hydrogens is 243 g/mol. The molecule has 0 bridgehead atoms. The Labute approximate surface area is 71.8 Å². The molecule has 54 valence electrons. The van der Waals surface area contributed by atoms with Crippen LogP contribution in [0.2, 0.25) is 19.6 Å². The molecule has 3 heteroatoms. The Morgan fingerprint density at radius 3 is 2.33 bits per heavy atom. The first-order chi connectivity index (χ1) is 4.06. The zero-order valence-electron chi connectivity index (χ0n) is 6.15. The molecule has 0 aromatic rings. The summed E-state index contributed by atoms with van der Waals surface area (Å²) in [5.74, 6) is 0. The first kappa shape index (κ1) is 9.49. The maximum Gasteiger partial charge on any atom is 0.241 e. The molecule has 0 saturated carbocycles. The lowest BCUT2D eigenvalue weighted by Crippen LogP contribution is -2.21. The second-order valence-electron chi connectivity index (χ2n) is 2.76. The van der Waals surface area contributed by atoms with Crippen LogP contribution >= 0.6 is 22.6 Å². The lowest BCUT2D eigenvalue weighted by molar-refractivity contribution is 0.479. The summed E-state index contributed by atoms with van der Waals surface area (Å²) in [4.78, 5) is 0. The summed E-state index contributed by atoms with van der Waals surface area (Å²) in [6, 6.07) is 0. The smallest absolute Gasteiger partial charge is 0.241 e. The average Bonchev–Trinajstić information content (AvgIpc) is 1.63. The fourth-order valence-electron chi connectivity index (χ4n) is 0.289. The number of halogens is 1. The molecule has 0 radical (unpaired) electrons. The van der Waals surface area contributed by atoms with Crippen LogP contribution in [0.4, 0.5) is 0 Å². The summed E-state index contributed by atoms with van der Waals surface area (Å²) in [7, 11) is -1.28. The standard InChI is InChI=1S/C6H13IOSi/c1-9(2,3)8-6-4-5-7/h4,6H,5H2,1-3H3. The molecule has 0 amide bonds. The Bertz CT molecular complexity index is 95.7. The molecule has 0 rings (SSSR count). The Morgan fingerprint density at radius 2 is 2.00 bits per heavy atom. The molecule has 0 N–H and O–H groups in total. The fourth-order valence-corrected chi connectivity index (χ4v) is 1.00. The predicted octanol–water partition coefficient (Wildman–Crippen LogP) is 2.79. The van der Waals surface area contributed by atoms with Crippen LogP contribution in [0.25, 0.3) is 0 Å². The van der Waals surface area contributed by atoms with E-state index in [1.165, 1.54) is 0 Å². The van der Waals surface area contributed by atoms with E-state index in [-0.39, 0.29) is 0 Å². The number of hydrogen-bond donors (Lipinski definition) is 0. The summed E-state index contributed by atoms with van der Waals surface area (Å²) in [5.41, 5.74) is 0. The van der Waals surface area contributed by atoms with Gasteiger partial charge >= 0.3 is 0 Å². The van der Waals surface area contributed by atoms with Gasteiger partial charge in [-0.15, -0.1) is 0 Å². The van der Waals surface area contributed by atoms with Gasteiger partial charge in [0.05, 0.1) is 6.26 Å². The van der Waals surface area contributed by atoms with Crippen molar-refractivity contribution < 1.29 is 4.43 Å². The third-order valence-electron chi connectivity index (χ3n) is 0.607. The van der Waals surface area contributed by atoms with E-state index in [2.05, 4.69) is 42.2 Å². The summed E-state index contributed by atoms with van der Waals surface area (Å²) in [6.07, 6.45) is 3.84. The number of alkyl halides is 1. The summed E-state index contributed by atoms with van der Waals surface area (Å²) in [5, 5.41) is 0. The molecule has 0 saturated heterocycles. The van der Waals surface area contributed by atoms with Gasteiger partial charge in [0.1, 0.15) is 0 Å². The van der Waals surface area contributed by atoms with E-state index in [0.717, 1.165) is 4.43 Å². The Balaban J connectivity index is 3.38. The molecule has 0 aliphatic rings.